The molecule has 1 atom stereocenters. The Kier molecular flexibility index (Phi) is 5.26. The average Bonchev–Trinajstić information content (AvgIpc) is 2.74. The van der Waals surface area contributed by atoms with Crippen LogP contribution in [0, 0.1) is 17.5 Å². The number of sulfonamides is 1. The SMILES string of the molecule is O=S(=O)(Nc1cccc(C2=[N+](C3CCO3)C=C2c2ccncc2)c1F)c1cc(F)ccc1F. The minimum absolute atomic E-state index is 0.139. The van der Waals surface area contributed by atoms with Crippen molar-refractivity contribution in [2.75, 3.05) is 11.3 Å². The Morgan fingerprint density at radius 2 is 1.82 bits per heavy atom. The lowest BCUT2D eigenvalue weighted by Crippen LogP contribution is -2.43. The van der Waals surface area contributed by atoms with E-state index in [2.05, 4.69) is 4.98 Å². The first kappa shape index (κ1) is 21.4. The van der Waals surface area contributed by atoms with E-state index in [1.807, 2.05) is 10.9 Å². The molecule has 3 heterocycles. The fourth-order valence-electron chi connectivity index (χ4n) is 3.71. The van der Waals surface area contributed by atoms with E-state index in [4.69, 9.17) is 4.74 Å². The van der Waals surface area contributed by atoms with Gasteiger partial charge in [-0.25, -0.2) is 21.6 Å². The number of nitrogens with zero attached hydrogens (tertiary/aromatic N) is 2. The van der Waals surface area contributed by atoms with E-state index in [1.165, 1.54) is 18.2 Å². The number of nitrogens with one attached hydrogen (secondary N) is 1. The predicted molar refractivity (Wildman–Crippen MR) is 115 cm³/mol. The number of rotatable bonds is 6. The maximum absolute atomic E-state index is 15.6. The number of halogens is 3. The van der Waals surface area contributed by atoms with Crippen molar-refractivity contribution in [3.63, 3.8) is 0 Å². The molecule has 1 unspecified atom stereocenters. The zero-order valence-corrected chi connectivity index (χ0v) is 17.8. The molecule has 0 spiro atoms. The molecule has 10 heteroatoms. The first-order valence-corrected chi connectivity index (χ1v) is 11.5. The third-order valence-corrected chi connectivity index (χ3v) is 6.82. The number of pyridine rings is 1. The highest BCUT2D eigenvalue weighted by molar-refractivity contribution is 7.92. The van der Waals surface area contributed by atoms with Crippen molar-refractivity contribution in [2.24, 2.45) is 0 Å². The molecule has 2 aliphatic heterocycles. The van der Waals surface area contributed by atoms with Crippen LogP contribution in [-0.4, -0.2) is 36.5 Å². The normalized spacial score (nSPS) is 17.8. The van der Waals surface area contributed by atoms with Gasteiger partial charge in [0, 0.05) is 12.4 Å². The van der Waals surface area contributed by atoms with Crippen LogP contribution in [-0.2, 0) is 14.8 Å². The largest absolute Gasteiger partial charge is 0.320 e. The number of allylic oxidation sites excluding steroid dienone is 1. The fourth-order valence-corrected chi connectivity index (χ4v) is 4.86. The Morgan fingerprint density at radius 3 is 2.52 bits per heavy atom. The molecule has 2 aromatic carbocycles. The highest BCUT2D eigenvalue weighted by atomic mass is 32.2. The summed E-state index contributed by atoms with van der Waals surface area (Å²) in [6.07, 6.45) is 5.59. The topological polar surface area (TPSA) is 71.3 Å². The van der Waals surface area contributed by atoms with E-state index in [0.29, 0.717) is 24.5 Å². The molecule has 1 aromatic heterocycles. The molecule has 0 bridgehead atoms. The van der Waals surface area contributed by atoms with E-state index in [9.17, 15) is 17.2 Å². The maximum Gasteiger partial charge on any atom is 0.265 e. The summed E-state index contributed by atoms with van der Waals surface area (Å²) in [6.45, 7) is 0.592. The van der Waals surface area contributed by atoms with Crippen LogP contribution in [0.5, 0.6) is 0 Å². The Morgan fingerprint density at radius 1 is 1.06 bits per heavy atom. The van der Waals surface area contributed by atoms with Crippen LogP contribution >= 0.6 is 0 Å². The van der Waals surface area contributed by atoms with Crippen LogP contribution in [0.25, 0.3) is 5.57 Å². The Labute approximate surface area is 187 Å². The second kappa shape index (κ2) is 8.13. The molecule has 5 rings (SSSR count). The standard InChI is InChI=1S/C23H17F3N3O3S/c24-15-4-5-18(25)20(12-15)33(30,31)28-19-3-1-2-16(22(19)26)23-17(14-6-9-27-10-7-14)13-29(23)21-8-11-32-21/h1-7,9-10,12-13,21,28H,8,11H2/q+1. The zero-order valence-electron chi connectivity index (χ0n) is 17.0. The predicted octanol–water partition coefficient (Wildman–Crippen LogP) is 3.90. The summed E-state index contributed by atoms with van der Waals surface area (Å²) in [6, 6.07) is 9.81. The van der Waals surface area contributed by atoms with E-state index in [0.717, 1.165) is 23.6 Å². The molecule has 3 aromatic rings. The van der Waals surface area contributed by atoms with Gasteiger partial charge in [-0.1, -0.05) is 6.07 Å². The zero-order chi connectivity index (χ0) is 23.2. The number of ether oxygens (including phenoxy) is 1. The first-order chi connectivity index (χ1) is 15.8. The Hall–Kier alpha value is -3.50. The number of benzene rings is 2. The van der Waals surface area contributed by atoms with Crippen molar-refractivity contribution in [1.82, 2.24) is 4.98 Å². The summed E-state index contributed by atoms with van der Waals surface area (Å²) in [5.74, 6) is -2.93. The summed E-state index contributed by atoms with van der Waals surface area (Å²) in [7, 11) is -4.58. The quantitative estimate of drug-likeness (QED) is 0.553. The van der Waals surface area contributed by atoms with Crippen LogP contribution in [0.4, 0.5) is 18.9 Å². The van der Waals surface area contributed by atoms with Crippen LogP contribution in [0.3, 0.4) is 0 Å². The molecule has 168 valence electrons. The van der Waals surface area contributed by atoms with E-state index >= 15 is 4.39 Å². The van der Waals surface area contributed by atoms with E-state index < -0.39 is 32.4 Å². The lowest BCUT2D eigenvalue weighted by Gasteiger charge is -2.28. The van der Waals surface area contributed by atoms with Gasteiger partial charge in [-0.2, -0.15) is 4.58 Å². The van der Waals surface area contributed by atoms with Gasteiger partial charge in [-0.3, -0.25) is 9.71 Å². The van der Waals surface area contributed by atoms with Gasteiger partial charge in [0.05, 0.1) is 24.3 Å². The third kappa shape index (κ3) is 3.81. The molecule has 0 amide bonds. The summed E-state index contributed by atoms with van der Waals surface area (Å²) < 4.78 is 77.9. The number of aromatic nitrogens is 1. The van der Waals surface area contributed by atoms with Crippen LogP contribution in [0.2, 0.25) is 0 Å². The lowest BCUT2D eigenvalue weighted by atomic mass is 9.91. The van der Waals surface area contributed by atoms with Crippen LogP contribution < -0.4 is 4.72 Å². The van der Waals surface area contributed by atoms with Gasteiger partial charge in [-0.05, 0) is 48.0 Å². The first-order valence-electron chi connectivity index (χ1n) is 10.0. The molecule has 6 nitrogen and oxygen atoms in total. The molecule has 0 aliphatic carbocycles. The van der Waals surface area contributed by atoms with Gasteiger partial charge in [0.25, 0.3) is 16.3 Å². The molecule has 33 heavy (non-hydrogen) atoms. The summed E-state index contributed by atoms with van der Waals surface area (Å²) in [5, 5.41) is 0. The van der Waals surface area contributed by atoms with Gasteiger partial charge in [0.2, 0.25) is 5.71 Å². The molecular weight excluding hydrogens is 455 g/mol. The number of hydrogen-bond acceptors (Lipinski definition) is 4. The van der Waals surface area contributed by atoms with Crippen molar-refractivity contribution in [2.45, 2.75) is 17.5 Å². The molecule has 1 N–H and O–H groups in total. The van der Waals surface area contributed by atoms with Crippen molar-refractivity contribution in [3.05, 3.63) is 95.7 Å². The number of hydrogen-bond donors (Lipinski definition) is 1. The van der Waals surface area contributed by atoms with Crippen LogP contribution in [0.1, 0.15) is 17.5 Å². The third-order valence-electron chi connectivity index (χ3n) is 5.44. The molecule has 2 aliphatic rings. The summed E-state index contributed by atoms with van der Waals surface area (Å²) in [4.78, 5) is 3.08. The molecule has 0 radical (unpaired) electrons. The molecule has 1 saturated heterocycles. The van der Waals surface area contributed by atoms with E-state index in [1.54, 1.807) is 29.1 Å². The Balaban J connectivity index is 1.54. The molecule has 1 fully saturated rings. The van der Waals surface area contributed by atoms with Crippen molar-refractivity contribution < 1.29 is 30.9 Å². The van der Waals surface area contributed by atoms with Gasteiger partial charge >= 0.3 is 0 Å². The highest BCUT2D eigenvalue weighted by Gasteiger charge is 2.42. The van der Waals surface area contributed by atoms with Gasteiger partial charge in [-0.15, -0.1) is 0 Å². The van der Waals surface area contributed by atoms with Crippen LogP contribution in [0.15, 0.2) is 72.0 Å². The van der Waals surface area contributed by atoms with Crippen molar-refractivity contribution in [3.8, 4) is 0 Å². The van der Waals surface area contributed by atoms with E-state index in [-0.39, 0.29) is 17.5 Å². The minimum Gasteiger partial charge on any atom is -0.320 e. The second-order valence-corrected chi connectivity index (χ2v) is 9.15. The number of anilines is 1. The lowest BCUT2D eigenvalue weighted by molar-refractivity contribution is -0.587. The van der Waals surface area contributed by atoms with Gasteiger partial charge in [0.1, 0.15) is 22.1 Å². The van der Waals surface area contributed by atoms with Crippen molar-refractivity contribution in [1.29, 1.82) is 0 Å². The molecular formula is C23H17F3N3O3S+. The smallest absolute Gasteiger partial charge is 0.265 e. The summed E-state index contributed by atoms with van der Waals surface area (Å²) >= 11 is 0. The molecule has 0 saturated carbocycles. The highest BCUT2D eigenvalue weighted by Crippen LogP contribution is 2.33. The fraction of sp³-hybridized carbons (Fsp3) is 0.130. The second-order valence-electron chi connectivity index (χ2n) is 7.50. The minimum atomic E-state index is -4.58. The maximum atomic E-state index is 15.6. The van der Waals surface area contributed by atoms with Crippen molar-refractivity contribution >= 4 is 27.0 Å². The summed E-state index contributed by atoms with van der Waals surface area (Å²) in [5.41, 5.74) is 1.82. The monoisotopic (exact) mass is 472 g/mol. The van der Waals surface area contributed by atoms with Gasteiger partial charge < -0.3 is 4.74 Å². The average molecular weight is 472 g/mol. The Bertz CT molecular complexity index is 1420. The van der Waals surface area contributed by atoms with Gasteiger partial charge in [0.15, 0.2) is 12.0 Å².